The van der Waals surface area contributed by atoms with Crippen molar-refractivity contribution < 1.29 is 13.6 Å². The van der Waals surface area contributed by atoms with Gasteiger partial charge in [-0.05, 0) is 24.0 Å². The van der Waals surface area contributed by atoms with Gasteiger partial charge < -0.3 is 11.1 Å². The Hall–Kier alpha value is -1.49. The summed E-state index contributed by atoms with van der Waals surface area (Å²) in [5.74, 6) is -2.21. The van der Waals surface area contributed by atoms with Crippen molar-refractivity contribution in [2.24, 2.45) is 17.1 Å². The predicted octanol–water partition coefficient (Wildman–Crippen LogP) is 2.91. The van der Waals surface area contributed by atoms with Crippen LogP contribution < -0.4 is 11.1 Å². The van der Waals surface area contributed by atoms with Crippen LogP contribution in [0.25, 0.3) is 0 Å². The van der Waals surface area contributed by atoms with Crippen LogP contribution >= 0.6 is 0 Å². The van der Waals surface area contributed by atoms with Crippen molar-refractivity contribution in [3.8, 4) is 0 Å². The van der Waals surface area contributed by atoms with Crippen molar-refractivity contribution in [2.75, 3.05) is 11.9 Å². The molecule has 0 aromatic heterocycles. The van der Waals surface area contributed by atoms with Gasteiger partial charge in [-0.2, -0.15) is 0 Å². The lowest BCUT2D eigenvalue weighted by Gasteiger charge is -2.24. The largest absolute Gasteiger partial charge is 0.330 e. The molecule has 0 bridgehead atoms. The zero-order valence-corrected chi connectivity index (χ0v) is 11.5. The van der Waals surface area contributed by atoms with E-state index in [1.54, 1.807) is 0 Å². The Bertz CT molecular complexity index is 455. The fourth-order valence-electron chi connectivity index (χ4n) is 1.85. The van der Waals surface area contributed by atoms with Gasteiger partial charge in [0.15, 0.2) is 0 Å². The molecule has 3 nitrogen and oxygen atoms in total. The Kier molecular flexibility index (Phi) is 5.00. The van der Waals surface area contributed by atoms with Crippen LogP contribution in [0.1, 0.15) is 27.2 Å². The van der Waals surface area contributed by atoms with Gasteiger partial charge in [-0.1, -0.05) is 20.8 Å². The standard InChI is InChI=1S/C14H20F2N2O/c1-14(2,3)7-9(8-17)13(19)18-12-5-4-10(15)6-11(12)16/h4-6,9H,7-8,17H2,1-3H3,(H,18,19). The fraction of sp³-hybridized carbons (Fsp3) is 0.500. The molecule has 1 aromatic rings. The summed E-state index contributed by atoms with van der Waals surface area (Å²) in [5.41, 5.74) is 5.50. The molecule has 1 amide bonds. The van der Waals surface area contributed by atoms with Crippen LogP contribution in [0.3, 0.4) is 0 Å². The van der Waals surface area contributed by atoms with E-state index in [4.69, 9.17) is 5.73 Å². The van der Waals surface area contributed by atoms with Crippen LogP contribution in [0.15, 0.2) is 18.2 Å². The first-order valence-electron chi connectivity index (χ1n) is 6.19. The molecule has 0 heterocycles. The van der Waals surface area contributed by atoms with Crippen LogP contribution in [0.5, 0.6) is 0 Å². The van der Waals surface area contributed by atoms with Gasteiger partial charge in [0, 0.05) is 12.6 Å². The van der Waals surface area contributed by atoms with Gasteiger partial charge >= 0.3 is 0 Å². The Balaban J connectivity index is 2.77. The van der Waals surface area contributed by atoms with Gasteiger partial charge in [0.1, 0.15) is 11.6 Å². The highest BCUT2D eigenvalue weighted by Crippen LogP contribution is 2.25. The molecule has 3 N–H and O–H groups in total. The number of nitrogens with one attached hydrogen (secondary N) is 1. The number of hydrogen-bond donors (Lipinski definition) is 2. The molecule has 0 radical (unpaired) electrons. The Labute approximate surface area is 112 Å². The number of nitrogens with two attached hydrogens (primary N) is 1. The second-order valence-corrected chi connectivity index (χ2v) is 5.81. The molecule has 1 aromatic carbocycles. The van der Waals surface area contributed by atoms with Crippen LogP contribution in [0.4, 0.5) is 14.5 Å². The number of hydrogen-bond acceptors (Lipinski definition) is 2. The number of benzene rings is 1. The minimum atomic E-state index is -0.792. The van der Waals surface area contributed by atoms with E-state index in [9.17, 15) is 13.6 Å². The molecular weight excluding hydrogens is 250 g/mol. The first kappa shape index (κ1) is 15.6. The van der Waals surface area contributed by atoms with Gasteiger partial charge in [0.05, 0.1) is 11.6 Å². The van der Waals surface area contributed by atoms with Gasteiger partial charge in [0.25, 0.3) is 0 Å². The topological polar surface area (TPSA) is 55.1 Å². The first-order chi connectivity index (χ1) is 8.73. The maximum Gasteiger partial charge on any atom is 0.228 e. The number of amides is 1. The first-order valence-corrected chi connectivity index (χ1v) is 6.19. The third-order valence-corrected chi connectivity index (χ3v) is 2.70. The smallest absolute Gasteiger partial charge is 0.228 e. The Morgan fingerprint density at radius 1 is 1.37 bits per heavy atom. The van der Waals surface area contributed by atoms with Crippen molar-refractivity contribution >= 4 is 11.6 Å². The quantitative estimate of drug-likeness (QED) is 0.883. The van der Waals surface area contributed by atoms with E-state index < -0.39 is 17.6 Å². The number of carbonyl (C=O) groups excluding carboxylic acids is 1. The van der Waals surface area contributed by atoms with Crippen LogP contribution in [0.2, 0.25) is 0 Å². The second kappa shape index (κ2) is 6.10. The summed E-state index contributed by atoms with van der Waals surface area (Å²) in [6.45, 7) is 6.19. The predicted molar refractivity (Wildman–Crippen MR) is 71.6 cm³/mol. The van der Waals surface area contributed by atoms with E-state index in [2.05, 4.69) is 5.32 Å². The summed E-state index contributed by atoms with van der Waals surface area (Å²) < 4.78 is 26.2. The van der Waals surface area contributed by atoms with E-state index in [-0.39, 0.29) is 23.6 Å². The zero-order valence-electron chi connectivity index (χ0n) is 11.5. The maximum absolute atomic E-state index is 13.4. The van der Waals surface area contributed by atoms with Gasteiger partial charge in [-0.3, -0.25) is 4.79 Å². The van der Waals surface area contributed by atoms with E-state index >= 15 is 0 Å². The number of anilines is 1. The van der Waals surface area contributed by atoms with Gasteiger partial charge in [0.2, 0.25) is 5.91 Å². The van der Waals surface area contributed by atoms with Crippen LogP contribution in [-0.2, 0) is 4.79 Å². The number of halogens is 2. The van der Waals surface area contributed by atoms with Crippen molar-refractivity contribution in [1.82, 2.24) is 0 Å². The normalized spacial score (nSPS) is 13.2. The molecule has 0 aliphatic heterocycles. The highest BCUT2D eigenvalue weighted by atomic mass is 19.1. The van der Waals surface area contributed by atoms with Gasteiger partial charge in [-0.15, -0.1) is 0 Å². The zero-order chi connectivity index (χ0) is 14.6. The molecule has 0 fully saturated rings. The SMILES string of the molecule is CC(C)(C)CC(CN)C(=O)Nc1ccc(F)cc1F. The molecule has 106 valence electrons. The fourth-order valence-corrected chi connectivity index (χ4v) is 1.85. The molecule has 1 unspecified atom stereocenters. The summed E-state index contributed by atoms with van der Waals surface area (Å²) in [6.07, 6.45) is 0.595. The summed E-state index contributed by atoms with van der Waals surface area (Å²) in [7, 11) is 0. The van der Waals surface area contributed by atoms with Gasteiger partial charge in [-0.25, -0.2) is 8.78 Å². The van der Waals surface area contributed by atoms with Crippen LogP contribution in [-0.4, -0.2) is 12.5 Å². The second-order valence-electron chi connectivity index (χ2n) is 5.81. The summed E-state index contributed by atoms with van der Waals surface area (Å²) in [5, 5.41) is 2.45. The monoisotopic (exact) mass is 270 g/mol. The summed E-state index contributed by atoms with van der Waals surface area (Å²) >= 11 is 0. The highest BCUT2D eigenvalue weighted by Gasteiger charge is 2.24. The van der Waals surface area contributed by atoms with Crippen LogP contribution in [0, 0.1) is 23.0 Å². The lowest BCUT2D eigenvalue weighted by molar-refractivity contribution is -0.120. The number of rotatable bonds is 4. The van der Waals surface area contributed by atoms with E-state index in [1.165, 1.54) is 6.07 Å². The summed E-state index contributed by atoms with van der Waals surface area (Å²) in [6, 6.07) is 3.03. The molecule has 0 saturated carbocycles. The van der Waals surface area contributed by atoms with Crippen molar-refractivity contribution in [2.45, 2.75) is 27.2 Å². The molecule has 0 saturated heterocycles. The minimum Gasteiger partial charge on any atom is -0.330 e. The molecule has 0 aliphatic carbocycles. The van der Waals surface area contributed by atoms with Crippen molar-refractivity contribution in [3.63, 3.8) is 0 Å². The average Bonchev–Trinajstić information content (AvgIpc) is 2.28. The van der Waals surface area contributed by atoms with Crippen molar-refractivity contribution in [1.29, 1.82) is 0 Å². The third-order valence-electron chi connectivity index (χ3n) is 2.70. The lowest BCUT2D eigenvalue weighted by Crippen LogP contribution is -2.32. The van der Waals surface area contributed by atoms with E-state index in [1.807, 2.05) is 20.8 Å². The summed E-state index contributed by atoms with van der Waals surface area (Å²) in [4.78, 5) is 12.0. The lowest BCUT2D eigenvalue weighted by atomic mass is 9.84. The Morgan fingerprint density at radius 3 is 2.47 bits per heavy atom. The number of carbonyl (C=O) groups is 1. The molecule has 0 spiro atoms. The maximum atomic E-state index is 13.4. The third kappa shape index (κ3) is 4.95. The molecule has 19 heavy (non-hydrogen) atoms. The molecule has 5 heteroatoms. The highest BCUT2D eigenvalue weighted by molar-refractivity contribution is 5.92. The van der Waals surface area contributed by atoms with Crippen molar-refractivity contribution in [3.05, 3.63) is 29.8 Å². The molecular formula is C14H20F2N2O. The minimum absolute atomic E-state index is 0.0289. The molecule has 1 rings (SSSR count). The molecule has 1 atom stereocenters. The average molecular weight is 270 g/mol. The van der Waals surface area contributed by atoms with E-state index in [0.717, 1.165) is 12.1 Å². The molecule has 0 aliphatic rings. The Morgan fingerprint density at radius 2 is 2.00 bits per heavy atom. The van der Waals surface area contributed by atoms with E-state index in [0.29, 0.717) is 6.42 Å².